The Morgan fingerprint density at radius 3 is 2.86 bits per heavy atom. The highest BCUT2D eigenvalue weighted by atomic mass is 16.6. The predicted octanol–water partition coefficient (Wildman–Crippen LogP) is 1.69. The summed E-state index contributed by atoms with van der Waals surface area (Å²) in [6.07, 6.45) is 1.09. The topological polar surface area (TPSA) is 75.7 Å². The fourth-order valence-corrected chi connectivity index (χ4v) is 1.98. The van der Waals surface area contributed by atoms with Crippen LogP contribution in [0.1, 0.15) is 12.6 Å². The summed E-state index contributed by atoms with van der Waals surface area (Å²) in [7, 11) is 0. The highest BCUT2D eigenvalue weighted by Crippen LogP contribution is 2.30. The Bertz CT molecular complexity index is 665. The maximum absolute atomic E-state index is 12.0. The van der Waals surface area contributed by atoms with Gasteiger partial charge in [0, 0.05) is 6.20 Å². The van der Waals surface area contributed by atoms with Crippen LogP contribution in [-0.4, -0.2) is 29.3 Å². The van der Waals surface area contributed by atoms with Crippen LogP contribution in [0.4, 0.5) is 0 Å². The third kappa shape index (κ3) is 2.89. The quantitative estimate of drug-likeness (QED) is 0.665. The fraction of sp³-hybridized carbons (Fsp3) is 0.200. The number of rotatable bonds is 3. The minimum atomic E-state index is -0.708. The van der Waals surface area contributed by atoms with Crippen molar-refractivity contribution in [2.75, 3.05) is 6.61 Å². The molecule has 6 nitrogen and oxygen atoms in total. The first-order valence-corrected chi connectivity index (χ1v) is 6.60. The molecule has 6 heteroatoms. The van der Waals surface area contributed by atoms with Crippen LogP contribution in [0.25, 0.3) is 0 Å². The summed E-state index contributed by atoms with van der Waals surface area (Å²) in [5, 5.41) is 4.05. The Kier molecular flexibility index (Phi) is 3.59. The van der Waals surface area contributed by atoms with Gasteiger partial charge < -0.3 is 14.5 Å². The molecule has 1 aliphatic rings. The molecule has 0 saturated heterocycles. The summed E-state index contributed by atoms with van der Waals surface area (Å²) in [6, 6.07) is 11.0. The molecule has 1 aliphatic heterocycles. The van der Waals surface area contributed by atoms with Crippen molar-refractivity contribution in [3.63, 3.8) is 0 Å². The van der Waals surface area contributed by atoms with Gasteiger partial charge in [-0.05, 0) is 31.2 Å². The van der Waals surface area contributed by atoms with Gasteiger partial charge in [0.05, 0.1) is 11.4 Å². The normalized spacial score (nSPS) is 17.4. The number of aromatic amines is 1. The number of carbonyl (C=O) groups is 1. The van der Waals surface area contributed by atoms with Crippen LogP contribution in [-0.2, 0) is 4.79 Å². The number of nitrogens with zero attached hydrogens (tertiary/aromatic N) is 1. The number of ether oxygens (including phenoxy) is 2. The van der Waals surface area contributed by atoms with Gasteiger partial charge >= 0.3 is 0 Å². The van der Waals surface area contributed by atoms with Crippen LogP contribution in [0.3, 0.4) is 0 Å². The second-order valence-electron chi connectivity index (χ2n) is 4.62. The van der Waals surface area contributed by atoms with E-state index in [1.165, 1.54) is 0 Å². The molecule has 1 aromatic heterocycles. The van der Waals surface area contributed by atoms with E-state index in [0.29, 0.717) is 17.2 Å². The number of H-pyrrole nitrogens is 1. The summed E-state index contributed by atoms with van der Waals surface area (Å²) < 4.78 is 11.1. The number of nitrogens with one attached hydrogen (secondary N) is 2. The highest BCUT2D eigenvalue weighted by Gasteiger charge is 2.27. The van der Waals surface area contributed by atoms with Crippen molar-refractivity contribution >= 4 is 11.6 Å². The standard InChI is InChI=1S/C15H15N3O3/c1-10(11-5-4-8-16-11)17-18-15(19)14-9-20-12-6-2-3-7-13(12)21-14/h2-8,14,16H,9H2,1H3,(H,18,19)/b17-10+/t14-/m0/s1. The molecule has 1 atom stereocenters. The van der Waals surface area contributed by atoms with Crippen molar-refractivity contribution < 1.29 is 14.3 Å². The van der Waals surface area contributed by atoms with Crippen LogP contribution in [0.5, 0.6) is 11.5 Å². The zero-order valence-electron chi connectivity index (χ0n) is 11.5. The minimum Gasteiger partial charge on any atom is -0.485 e. The number of para-hydroxylation sites is 2. The molecule has 1 amide bonds. The molecule has 0 saturated carbocycles. The molecule has 2 N–H and O–H groups in total. The first-order chi connectivity index (χ1) is 10.2. The van der Waals surface area contributed by atoms with Gasteiger partial charge in [-0.2, -0.15) is 5.10 Å². The lowest BCUT2D eigenvalue weighted by molar-refractivity contribution is -0.130. The van der Waals surface area contributed by atoms with E-state index < -0.39 is 6.10 Å². The number of amides is 1. The van der Waals surface area contributed by atoms with Crippen LogP contribution in [0, 0.1) is 0 Å². The van der Waals surface area contributed by atoms with E-state index in [-0.39, 0.29) is 12.5 Å². The smallest absolute Gasteiger partial charge is 0.284 e. The van der Waals surface area contributed by atoms with E-state index in [4.69, 9.17) is 9.47 Å². The minimum absolute atomic E-state index is 0.167. The van der Waals surface area contributed by atoms with E-state index in [1.54, 1.807) is 25.3 Å². The van der Waals surface area contributed by atoms with Crippen molar-refractivity contribution in [3.05, 3.63) is 48.3 Å². The Balaban J connectivity index is 1.63. The first kappa shape index (κ1) is 13.2. The third-order valence-corrected chi connectivity index (χ3v) is 3.12. The van der Waals surface area contributed by atoms with Gasteiger partial charge in [-0.3, -0.25) is 4.79 Å². The zero-order valence-corrected chi connectivity index (χ0v) is 11.5. The third-order valence-electron chi connectivity index (χ3n) is 3.12. The van der Waals surface area contributed by atoms with Gasteiger partial charge in [0.2, 0.25) is 6.10 Å². The second kappa shape index (κ2) is 5.70. The van der Waals surface area contributed by atoms with Crippen LogP contribution in [0.2, 0.25) is 0 Å². The molecule has 2 aromatic rings. The fourth-order valence-electron chi connectivity index (χ4n) is 1.98. The number of fused-ring (bicyclic) bond motifs is 1. The van der Waals surface area contributed by atoms with E-state index in [2.05, 4.69) is 15.5 Å². The summed E-state index contributed by atoms with van der Waals surface area (Å²) in [6.45, 7) is 1.97. The van der Waals surface area contributed by atoms with Gasteiger partial charge in [0.15, 0.2) is 11.5 Å². The van der Waals surface area contributed by atoms with Gasteiger partial charge in [0.25, 0.3) is 5.91 Å². The monoisotopic (exact) mass is 285 g/mol. The molecule has 3 rings (SSSR count). The molecule has 0 fully saturated rings. The Morgan fingerprint density at radius 2 is 2.10 bits per heavy atom. The Morgan fingerprint density at radius 1 is 1.29 bits per heavy atom. The lowest BCUT2D eigenvalue weighted by atomic mass is 10.2. The van der Waals surface area contributed by atoms with Crippen molar-refractivity contribution in [1.82, 2.24) is 10.4 Å². The van der Waals surface area contributed by atoms with Gasteiger partial charge in [-0.25, -0.2) is 5.43 Å². The lowest BCUT2D eigenvalue weighted by Gasteiger charge is -2.24. The molecule has 0 radical (unpaired) electrons. The van der Waals surface area contributed by atoms with E-state index in [9.17, 15) is 4.79 Å². The summed E-state index contributed by atoms with van der Waals surface area (Å²) in [4.78, 5) is 15.1. The van der Waals surface area contributed by atoms with E-state index in [0.717, 1.165) is 5.69 Å². The molecule has 0 unspecified atom stereocenters. The van der Waals surface area contributed by atoms with Crippen molar-refractivity contribution in [3.8, 4) is 11.5 Å². The average Bonchev–Trinajstić information content (AvgIpc) is 3.06. The van der Waals surface area contributed by atoms with Gasteiger partial charge in [-0.15, -0.1) is 0 Å². The first-order valence-electron chi connectivity index (χ1n) is 6.60. The maximum atomic E-state index is 12.0. The largest absolute Gasteiger partial charge is 0.485 e. The average molecular weight is 285 g/mol. The van der Waals surface area contributed by atoms with Crippen LogP contribution < -0.4 is 14.9 Å². The van der Waals surface area contributed by atoms with Crippen molar-refractivity contribution in [2.45, 2.75) is 13.0 Å². The number of hydrogen-bond acceptors (Lipinski definition) is 4. The molecule has 0 aliphatic carbocycles. The number of benzene rings is 1. The number of aromatic nitrogens is 1. The number of hydrazone groups is 1. The van der Waals surface area contributed by atoms with Crippen molar-refractivity contribution in [2.24, 2.45) is 5.10 Å². The molecule has 2 heterocycles. The Hall–Kier alpha value is -2.76. The summed E-state index contributed by atoms with van der Waals surface area (Å²) >= 11 is 0. The second-order valence-corrected chi connectivity index (χ2v) is 4.62. The molecule has 1 aromatic carbocycles. The molecular weight excluding hydrogens is 270 g/mol. The maximum Gasteiger partial charge on any atom is 0.284 e. The van der Waals surface area contributed by atoms with Gasteiger partial charge in [0.1, 0.15) is 6.61 Å². The van der Waals surface area contributed by atoms with Gasteiger partial charge in [-0.1, -0.05) is 12.1 Å². The van der Waals surface area contributed by atoms with Crippen LogP contribution >= 0.6 is 0 Å². The summed E-state index contributed by atoms with van der Waals surface area (Å²) in [5.74, 6) is 0.872. The van der Waals surface area contributed by atoms with Crippen molar-refractivity contribution in [1.29, 1.82) is 0 Å². The van der Waals surface area contributed by atoms with Crippen LogP contribution in [0.15, 0.2) is 47.7 Å². The lowest BCUT2D eigenvalue weighted by Crippen LogP contribution is -2.42. The molecule has 0 spiro atoms. The molecular formula is C15H15N3O3. The summed E-state index contributed by atoms with van der Waals surface area (Å²) in [5.41, 5.74) is 4.03. The molecule has 0 bridgehead atoms. The predicted molar refractivity (Wildman–Crippen MR) is 77.5 cm³/mol. The number of hydrogen-bond donors (Lipinski definition) is 2. The highest BCUT2D eigenvalue weighted by molar-refractivity contribution is 5.97. The van der Waals surface area contributed by atoms with E-state index >= 15 is 0 Å². The Labute approximate surface area is 121 Å². The van der Waals surface area contributed by atoms with E-state index in [1.807, 2.05) is 24.3 Å². The molecule has 21 heavy (non-hydrogen) atoms. The zero-order chi connectivity index (χ0) is 14.7. The molecule has 108 valence electrons. The SMILES string of the molecule is C/C(=N\NC(=O)[C@@H]1COc2ccccc2O1)c1ccc[nH]1. The number of carbonyl (C=O) groups excluding carboxylic acids is 1.